The van der Waals surface area contributed by atoms with Crippen molar-refractivity contribution < 1.29 is 27.6 Å². The van der Waals surface area contributed by atoms with Gasteiger partial charge in [-0.3, -0.25) is 19.8 Å². The maximum atomic E-state index is 13.2. The lowest BCUT2D eigenvalue weighted by atomic mass is 9.80. The van der Waals surface area contributed by atoms with Crippen LogP contribution in [0.4, 0.5) is 18.9 Å². The van der Waals surface area contributed by atoms with E-state index in [1.165, 1.54) is 17.1 Å². The number of nitrogens with one attached hydrogen (secondary N) is 2. The lowest BCUT2D eigenvalue weighted by Gasteiger charge is -2.38. The van der Waals surface area contributed by atoms with E-state index < -0.39 is 35.5 Å². The molecule has 2 aromatic carbocycles. The molecular weight excluding hydrogens is 459 g/mol. The van der Waals surface area contributed by atoms with E-state index in [2.05, 4.69) is 10.7 Å². The van der Waals surface area contributed by atoms with Crippen LogP contribution in [0.5, 0.6) is 0 Å². The number of benzene rings is 2. The summed E-state index contributed by atoms with van der Waals surface area (Å²) in [4.78, 5) is 38.6. The molecule has 2 aromatic rings. The number of nitrogens with zero attached hydrogens (tertiary/aromatic N) is 1. The summed E-state index contributed by atoms with van der Waals surface area (Å²) in [5.41, 5.74) is 2.78. The first-order chi connectivity index (χ1) is 16.7. The highest BCUT2D eigenvalue weighted by atomic mass is 19.4. The third-order valence-corrected chi connectivity index (χ3v) is 6.39. The first-order valence-corrected chi connectivity index (χ1v) is 11.6. The van der Waals surface area contributed by atoms with E-state index in [9.17, 15) is 27.6 Å². The normalized spacial score (nSPS) is 20.7. The van der Waals surface area contributed by atoms with Gasteiger partial charge < -0.3 is 5.32 Å². The highest BCUT2D eigenvalue weighted by molar-refractivity contribution is 6.05. The molecule has 35 heavy (non-hydrogen) atoms. The third-order valence-electron chi connectivity index (χ3n) is 6.39. The molecule has 0 saturated carbocycles. The van der Waals surface area contributed by atoms with Crippen molar-refractivity contribution in [3.8, 4) is 0 Å². The van der Waals surface area contributed by atoms with Gasteiger partial charge in [-0.25, -0.2) is 5.01 Å². The average Bonchev–Trinajstić information content (AvgIpc) is 2.85. The summed E-state index contributed by atoms with van der Waals surface area (Å²) in [6.45, 7) is 1.88. The van der Waals surface area contributed by atoms with E-state index in [0.717, 1.165) is 12.1 Å². The third kappa shape index (κ3) is 5.23. The number of fused-ring (bicyclic) bond motifs is 1. The van der Waals surface area contributed by atoms with E-state index in [1.54, 1.807) is 24.3 Å². The SMILES string of the molecule is CCCC(NC(=O)c1cccc(N2NC(=O)C3CC=CCC3C2=O)c1)c1cccc(C(F)(F)F)c1. The van der Waals surface area contributed by atoms with Gasteiger partial charge in [-0.2, -0.15) is 13.2 Å². The second-order valence-electron chi connectivity index (χ2n) is 8.79. The molecule has 1 aliphatic heterocycles. The molecule has 2 N–H and O–H groups in total. The van der Waals surface area contributed by atoms with Crippen molar-refractivity contribution in [3.05, 3.63) is 77.4 Å². The van der Waals surface area contributed by atoms with E-state index in [4.69, 9.17) is 0 Å². The van der Waals surface area contributed by atoms with Crippen molar-refractivity contribution in [3.63, 3.8) is 0 Å². The van der Waals surface area contributed by atoms with Crippen LogP contribution in [0.15, 0.2) is 60.7 Å². The Bertz CT molecular complexity index is 1160. The van der Waals surface area contributed by atoms with E-state index in [1.807, 2.05) is 19.1 Å². The fourth-order valence-corrected chi connectivity index (χ4v) is 4.55. The second kappa shape index (κ2) is 9.93. The first kappa shape index (κ1) is 24.5. The average molecular weight is 486 g/mol. The first-order valence-electron chi connectivity index (χ1n) is 11.6. The molecular formula is C26H26F3N3O3. The maximum Gasteiger partial charge on any atom is 0.416 e. The lowest BCUT2D eigenvalue weighted by Crippen LogP contribution is -2.59. The van der Waals surface area contributed by atoms with Crippen LogP contribution >= 0.6 is 0 Å². The summed E-state index contributed by atoms with van der Waals surface area (Å²) in [6, 6.07) is 10.6. The van der Waals surface area contributed by atoms with E-state index >= 15 is 0 Å². The van der Waals surface area contributed by atoms with Gasteiger partial charge in [0.1, 0.15) is 0 Å². The molecule has 184 valence electrons. The van der Waals surface area contributed by atoms with Crippen LogP contribution in [0, 0.1) is 11.8 Å². The molecule has 0 aromatic heterocycles. The molecule has 3 unspecified atom stereocenters. The summed E-state index contributed by atoms with van der Waals surface area (Å²) < 4.78 is 39.5. The predicted octanol–water partition coefficient (Wildman–Crippen LogP) is 4.94. The minimum absolute atomic E-state index is 0.225. The minimum atomic E-state index is -4.48. The van der Waals surface area contributed by atoms with Crippen LogP contribution in [-0.4, -0.2) is 17.7 Å². The van der Waals surface area contributed by atoms with Crippen molar-refractivity contribution in [2.24, 2.45) is 11.8 Å². The Labute approximate surface area is 201 Å². The minimum Gasteiger partial charge on any atom is -0.345 e. The smallest absolute Gasteiger partial charge is 0.345 e. The van der Waals surface area contributed by atoms with Gasteiger partial charge in [0.05, 0.1) is 29.1 Å². The van der Waals surface area contributed by atoms with E-state index in [0.29, 0.717) is 36.9 Å². The van der Waals surface area contributed by atoms with Crippen molar-refractivity contribution in [2.45, 2.75) is 44.8 Å². The molecule has 1 heterocycles. The van der Waals surface area contributed by atoms with Gasteiger partial charge in [0.25, 0.3) is 5.91 Å². The number of allylic oxidation sites excluding steroid dienone is 2. The molecule has 1 aliphatic carbocycles. The molecule has 1 fully saturated rings. The zero-order valence-electron chi connectivity index (χ0n) is 19.1. The molecule has 3 amide bonds. The molecule has 2 aliphatic rings. The standard InChI is InChI=1S/C26H26F3N3O3/c1-2-7-22(16-8-5-10-18(14-16)26(27,28)29)30-23(33)17-9-6-11-19(15-17)32-25(35)21-13-4-3-12-20(21)24(34)31-32/h3-6,8-11,14-15,20-22H,2,7,12-13H2,1H3,(H,30,33)(H,31,34). The predicted molar refractivity (Wildman–Crippen MR) is 124 cm³/mol. The summed E-state index contributed by atoms with van der Waals surface area (Å²) in [7, 11) is 0. The number of amides is 3. The molecule has 0 bridgehead atoms. The zero-order chi connectivity index (χ0) is 25.2. The largest absolute Gasteiger partial charge is 0.416 e. The van der Waals surface area contributed by atoms with Crippen LogP contribution in [0.25, 0.3) is 0 Å². The van der Waals surface area contributed by atoms with E-state index in [-0.39, 0.29) is 17.4 Å². The molecule has 9 heteroatoms. The molecule has 6 nitrogen and oxygen atoms in total. The quantitative estimate of drug-likeness (QED) is 0.569. The molecule has 1 saturated heterocycles. The van der Waals surface area contributed by atoms with Crippen LogP contribution < -0.4 is 15.8 Å². The number of rotatable bonds is 6. The van der Waals surface area contributed by atoms with Crippen LogP contribution in [-0.2, 0) is 15.8 Å². The number of hydrazine groups is 1. The summed E-state index contributed by atoms with van der Waals surface area (Å²) >= 11 is 0. The van der Waals surface area contributed by atoms with Gasteiger partial charge in [-0.05, 0) is 55.2 Å². The zero-order valence-corrected chi connectivity index (χ0v) is 19.1. The number of carbonyl (C=O) groups is 3. The van der Waals surface area contributed by atoms with Crippen LogP contribution in [0.3, 0.4) is 0 Å². The van der Waals surface area contributed by atoms with Gasteiger partial charge in [-0.15, -0.1) is 0 Å². The number of halogens is 3. The number of anilines is 1. The Morgan fingerprint density at radius 3 is 2.51 bits per heavy atom. The summed E-state index contributed by atoms with van der Waals surface area (Å²) in [5.74, 6) is -1.85. The van der Waals surface area contributed by atoms with Crippen molar-refractivity contribution in [2.75, 3.05) is 5.01 Å². The number of alkyl halides is 3. The summed E-state index contributed by atoms with van der Waals surface area (Å²) in [5, 5.41) is 3.99. The van der Waals surface area contributed by atoms with Crippen molar-refractivity contribution in [1.82, 2.24) is 10.7 Å². The second-order valence-corrected chi connectivity index (χ2v) is 8.79. The Balaban J connectivity index is 1.55. The molecule has 0 radical (unpaired) electrons. The van der Waals surface area contributed by atoms with Crippen molar-refractivity contribution >= 4 is 23.4 Å². The van der Waals surface area contributed by atoms with Gasteiger partial charge >= 0.3 is 6.18 Å². The fraction of sp³-hybridized carbons (Fsp3) is 0.346. The van der Waals surface area contributed by atoms with Crippen LogP contribution in [0.1, 0.15) is 60.1 Å². The number of hydrogen-bond acceptors (Lipinski definition) is 3. The Kier molecular flexibility index (Phi) is 6.95. The molecule has 3 atom stereocenters. The summed E-state index contributed by atoms with van der Waals surface area (Å²) in [6.07, 6.45) is 1.38. The fourth-order valence-electron chi connectivity index (χ4n) is 4.55. The molecule has 0 spiro atoms. The van der Waals surface area contributed by atoms with Crippen molar-refractivity contribution in [1.29, 1.82) is 0 Å². The van der Waals surface area contributed by atoms with Crippen LogP contribution in [0.2, 0.25) is 0 Å². The van der Waals surface area contributed by atoms with Gasteiger partial charge in [-0.1, -0.05) is 43.7 Å². The number of carbonyl (C=O) groups excluding carboxylic acids is 3. The maximum absolute atomic E-state index is 13.2. The topological polar surface area (TPSA) is 78.5 Å². The number of hydrogen-bond donors (Lipinski definition) is 2. The highest BCUT2D eigenvalue weighted by Crippen LogP contribution is 2.33. The highest BCUT2D eigenvalue weighted by Gasteiger charge is 2.42. The Morgan fingerprint density at radius 2 is 1.80 bits per heavy atom. The van der Waals surface area contributed by atoms with Gasteiger partial charge in [0.15, 0.2) is 0 Å². The van der Waals surface area contributed by atoms with Gasteiger partial charge in [0, 0.05) is 5.56 Å². The Hall–Kier alpha value is -3.62. The Morgan fingerprint density at radius 1 is 1.09 bits per heavy atom. The monoisotopic (exact) mass is 485 g/mol. The van der Waals surface area contributed by atoms with Gasteiger partial charge in [0.2, 0.25) is 11.8 Å². The lowest BCUT2D eigenvalue weighted by molar-refractivity contribution is -0.140. The molecule has 4 rings (SSSR count).